The van der Waals surface area contributed by atoms with Gasteiger partial charge in [0.25, 0.3) is 0 Å². The molecule has 1 unspecified atom stereocenters. The van der Waals surface area contributed by atoms with Crippen molar-refractivity contribution in [3.8, 4) is 0 Å². The summed E-state index contributed by atoms with van der Waals surface area (Å²) in [5.41, 5.74) is 2.35. The summed E-state index contributed by atoms with van der Waals surface area (Å²) in [6, 6.07) is 10.5. The number of methoxy groups -OCH3 is 1. The highest BCUT2D eigenvalue weighted by molar-refractivity contribution is 5.21. The minimum absolute atomic E-state index is 0.393. The van der Waals surface area contributed by atoms with Crippen LogP contribution >= 0.6 is 0 Å². The molecule has 1 heterocycles. The van der Waals surface area contributed by atoms with Crippen molar-refractivity contribution < 1.29 is 4.74 Å². The molecule has 2 rings (SSSR count). The smallest absolute Gasteiger partial charge is 0.0833 e. The molecule has 1 N–H and O–H groups in total. The monoisotopic (exact) mass is 274 g/mol. The van der Waals surface area contributed by atoms with Crippen molar-refractivity contribution in [3.05, 3.63) is 47.8 Å². The fourth-order valence-corrected chi connectivity index (χ4v) is 2.22. The van der Waals surface area contributed by atoms with Crippen LogP contribution in [0.4, 0.5) is 0 Å². The summed E-state index contributed by atoms with van der Waals surface area (Å²) in [6.45, 7) is 2.50. The maximum Gasteiger partial charge on any atom is 0.0833 e. The zero-order chi connectivity index (χ0) is 14.2. The first-order valence-corrected chi connectivity index (χ1v) is 6.89. The largest absolute Gasteiger partial charge is 0.383 e. The van der Waals surface area contributed by atoms with Gasteiger partial charge in [0.15, 0.2) is 0 Å². The Morgan fingerprint density at radius 2 is 2.10 bits per heavy atom. The summed E-state index contributed by atoms with van der Waals surface area (Å²) in [7, 11) is 3.61. The fourth-order valence-electron chi connectivity index (χ4n) is 2.22. The van der Waals surface area contributed by atoms with Crippen LogP contribution in [-0.2, 0) is 18.2 Å². The summed E-state index contributed by atoms with van der Waals surface area (Å²) < 4.78 is 6.81. The van der Waals surface area contributed by atoms with Gasteiger partial charge in [-0.15, -0.1) is 5.10 Å². The van der Waals surface area contributed by atoms with Gasteiger partial charge in [0, 0.05) is 45.8 Å². The standard InChI is InChI=1S/C15H22N4O/c1-19-12-15(17-18-19)10-14(11-16-8-9-20-2)13-6-4-3-5-7-13/h3-7,12,14,16H,8-11H2,1-2H3. The van der Waals surface area contributed by atoms with Crippen molar-refractivity contribution in [2.75, 3.05) is 26.8 Å². The van der Waals surface area contributed by atoms with Gasteiger partial charge in [-0.05, 0) is 5.56 Å². The Bertz CT molecular complexity index is 498. The van der Waals surface area contributed by atoms with Crippen LogP contribution in [0.15, 0.2) is 36.5 Å². The summed E-state index contributed by atoms with van der Waals surface area (Å²) in [5, 5.41) is 11.6. The molecule has 0 aliphatic carbocycles. The van der Waals surface area contributed by atoms with E-state index in [-0.39, 0.29) is 0 Å². The normalized spacial score (nSPS) is 12.5. The Morgan fingerprint density at radius 3 is 2.75 bits per heavy atom. The molecule has 1 aromatic carbocycles. The second-order valence-electron chi connectivity index (χ2n) is 4.89. The summed E-state index contributed by atoms with van der Waals surface area (Å²) in [4.78, 5) is 0. The maximum absolute atomic E-state index is 5.06. The van der Waals surface area contributed by atoms with Gasteiger partial charge in [-0.1, -0.05) is 35.5 Å². The van der Waals surface area contributed by atoms with Crippen LogP contribution in [-0.4, -0.2) is 41.8 Å². The topological polar surface area (TPSA) is 52.0 Å². The average molecular weight is 274 g/mol. The Morgan fingerprint density at radius 1 is 1.30 bits per heavy atom. The van der Waals surface area contributed by atoms with Crippen molar-refractivity contribution in [1.82, 2.24) is 20.3 Å². The molecule has 0 fully saturated rings. The van der Waals surface area contributed by atoms with Crippen molar-refractivity contribution >= 4 is 0 Å². The second kappa shape index (κ2) is 7.77. The van der Waals surface area contributed by atoms with Crippen molar-refractivity contribution in [3.63, 3.8) is 0 Å². The molecule has 0 amide bonds. The van der Waals surface area contributed by atoms with E-state index in [1.165, 1.54) is 5.56 Å². The molecular formula is C15H22N4O. The lowest BCUT2D eigenvalue weighted by Crippen LogP contribution is -2.26. The fraction of sp³-hybridized carbons (Fsp3) is 0.467. The number of aromatic nitrogens is 3. The van der Waals surface area contributed by atoms with Gasteiger partial charge in [-0.25, -0.2) is 0 Å². The molecular weight excluding hydrogens is 252 g/mol. The predicted molar refractivity (Wildman–Crippen MR) is 78.6 cm³/mol. The summed E-state index contributed by atoms with van der Waals surface area (Å²) in [6.07, 6.45) is 2.86. The van der Waals surface area contributed by atoms with Crippen molar-refractivity contribution in [2.45, 2.75) is 12.3 Å². The lowest BCUT2D eigenvalue weighted by molar-refractivity contribution is 0.199. The van der Waals surface area contributed by atoms with E-state index in [4.69, 9.17) is 4.74 Å². The molecule has 0 aliphatic heterocycles. The molecule has 0 saturated carbocycles. The minimum atomic E-state index is 0.393. The molecule has 0 bridgehead atoms. The van der Waals surface area contributed by atoms with E-state index in [2.05, 4.69) is 39.9 Å². The molecule has 0 spiro atoms. The first kappa shape index (κ1) is 14.7. The maximum atomic E-state index is 5.06. The first-order chi connectivity index (χ1) is 9.79. The highest BCUT2D eigenvalue weighted by atomic mass is 16.5. The SMILES string of the molecule is COCCNCC(Cc1cn(C)nn1)c1ccccc1. The van der Waals surface area contributed by atoms with E-state index in [1.807, 2.05) is 19.3 Å². The van der Waals surface area contributed by atoms with Gasteiger partial charge in [-0.3, -0.25) is 4.68 Å². The number of benzene rings is 1. The predicted octanol–water partition coefficient (Wildman–Crippen LogP) is 1.38. The van der Waals surface area contributed by atoms with E-state index < -0.39 is 0 Å². The van der Waals surface area contributed by atoms with Crippen LogP contribution in [0, 0.1) is 0 Å². The summed E-state index contributed by atoms with van der Waals surface area (Å²) in [5.74, 6) is 0.393. The zero-order valence-electron chi connectivity index (χ0n) is 12.1. The molecule has 0 radical (unpaired) electrons. The van der Waals surface area contributed by atoms with Crippen LogP contribution < -0.4 is 5.32 Å². The van der Waals surface area contributed by atoms with Crippen LogP contribution in [0.25, 0.3) is 0 Å². The molecule has 0 aliphatic rings. The van der Waals surface area contributed by atoms with Gasteiger partial charge >= 0.3 is 0 Å². The van der Waals surface area contributed by atoms with Gasteiger partial charge in [0.05, 0.1) is 12.3 Å². The molecule has 5 heteroatoms. The number of ether oxygens (including phenoxy) is 1. The van der Waals surface area contributed by atoms with E-state index in [1.54, 1.807) is 11.8 Å². The van der Waals surface area contributed by atoms with Gasteiger partial charge < -0.3 is 10.1 Å². The number of nitrogens with one attached hydrogen (secondary N) is 1. The third kappa shape index (κ3) is 4.43. The third-order valence-corrected chi connectivity index (χ3v) is 3.25. The van der Waals surface area contributed by atoms with E-state index in [9.17, 15) is 0 Å². The molecule has 20 heavy (non-hydrogen) atoms. The number of rotatable bonds is 8. The molecule has 108 valence electrons. The lowest BCUT2D eigenvalue weighted by atomic mass is 9.94. The van der Waals surface area contributed by atoms with Gasteiger partial charge in [-0.2, -0.15) is 0 Å². The van der Waals surface area contributed by atoms with E-state index >= 15 is 0 Å². The molecule has 1 aromatic heterocycles. The number of hydrogen-bond donors (Lipinski definition) is 1. The Hall–Kier alpha value is -1.72. The van der Waals surface area contributed by atoms with Crippen molar-refractivity contribution in [2.24, 2.45) is 7.05 Å². The molecule has 1 atom stereocenters. The molecule has 5 nitrogen and oxygen atoms in total. The second-order valence-corrected chi connectivity index (χ2v) is 4.89. The van der Waals surface area contributed by atoms with Gasteiger partial charge in [0.2, 0.25) is 0 Å². The summed E-state index contributed by atoms with van der Waals surface area (Å²) >= 11 is 0. The van der Waals surface area contributed by atoms with Gasteiger partial charge in [0.1, 0.15) is 0 Å². The van der Waals surface area contributed by atoms with E-state index in [0.29, 0.717) is 5.92 Å². The van der Waals surface area contributed by atoms with Crippen LogP contribution in [0.1, 0.15) is 17.2 Å². The Kier molecular flexibility index (Phi) is 5.70. The van der Waals surface area contributed by atoms with Crippen LogP contribution in [0.3, 0.4) is 0 Å². The number of hydrogen-bond acceptors (Lipinski definition) is 4. The molecule has 0 saturated heterocycles. The van der Waals surface area contributed by atoms with E-state index in [0.717, 1.165) is 31.8 Å². The average Bonchev–Trinajstić information content (AvgIpc) is 2.88. The lowest BCUT2D eigenvalue weighted by Gasteiger charge is -2.17. The third-order valence-electron chi connectivity index (χ3n) is 3.25. The van der Waals surface area contributed by atoms with Crippen LogP contribution in [0.2, 0.25) is 0 Å². The zero-order valence-corrected chi connectivity index (χ0v) is 12.1. The number of nitrogens with zero attached hydrogens (tertiary/aromatic N) is 3. The number of aryl methyl sites for hydroxylation is 1. The molecule has 2 aromatic rings. The Balaban J connectivity index is 2.00. The quantitative estimate of drug-likeness (QED) is 0.739. The van der Waals surface area contributed by atoms with Crippen molar-refractivity contribution in [1.29, 1.82) is 0 Å². The minimum Gasteiger partial charge on any atom is -0.383 e. The Labute approximate surface area is 120 Å². The van der Waals surface area contributed by atoms with Crippen LogP contribution in [0.5, 0.6) is 0 Å². The highest BCUT2D eigenvalue weighted by Crippen LogP contribution is 2.19. The highest BCUT2D eigenvalue weighted by Gasteiger charge is 2.13. The first-order valence-electron chi connectivity index (χ1n) is 6.89.